The molecule has 7 nitrogen and oxygen atoms in total. The summed E-state index contributed by atoms with van der Waals surface area (Å²) in [6, 6.07) is 7.46. The van der Waals surface area contributed by atoms with Crippen LogP contribution in [0.4, 0.5) is 0 Å². The molecule has 2 atom stereocenters. The monoisotopic (exact) mass is 427 g/mol. The summed E-state index contributed by atoms with van der Waals surface area (Å²) in [5, 5.41) is 0. The van der Waals surface area contributed by atoms with Crippen LogP contribution in [0.3, 0.4) is 0 Å². The summed E-state index contributed by atoms with van der Waals surface area (Å²) in [6.07, 6.45) is 4.16. The number of methoxy groups -OCH3 is 1. The maximum absolute atomic E-state index is 13.5. The van der Waals surface area contributed by atoms with E-state index in [9.17, 15) is 14.4 Å². The number of ether oxygens (including phenoxy) is 1. The van der Waals surface area contributed by atoms with E-state index in [4.69, 9.17) is 4.74 Å². The van der Waals surface area contributed by atoms with Gasteiger partial charge in [-0.2, -0.15) is 0 Å². The third-order valence-corrected chi connectivity index (χ3v) is 6.79. The molecule has 1 aliphatic carbocycles. The Hall–Kier alpha value is -2.57. The van der Waals surface area contributed by atoms with E-state index in [1.54, 1.807) is 7.11 Å². The molecule has 2 heterocycles. The number of carbonyl (C=O) groups is 3. The molecule has 31 heavy (non-hydrogen) atoms. The van der Waals surface area contributed by atoms with E-state index in [0.717, 1.165) is 37.0 Å². The highest BCUT2D eigenvalue weighted by atomic mass is 16.5. The SMILES string of the molecule is CCCCN1C(=O)C[C@@H](C(=O)N2CCN(C(=O)C3CC3)CC2)[C@@H]1c1ccc(OC)cc1. The van der Waals surface area contributed by atoms with Gasteiger partial charge >= 0.3 is 0 Å². The highest BCUT2D eigenvalue weighted by molar-refractivity contribution is 5.90. The van der Waals surface area contributed by atoms with Crippen LogP contribution in [-0.4, -0.2) is 72.3 Å². The number of benzene rings is 1. The molecule has 4 rings (SSSR count). The number of carbonyl (C=O) groups excluding carboxylic acids is 3. The number of amides is 3. The standard InChI is InChI=1S/C24H33N3O4/c1-3-4-11-27-21(28)16-20(22(27)17-7-9-19(31-2)10-8-17)24(30)26-14-12-25(13-15-26)23(29)18-5-6-18/h7-10,18,20,22H,3-6,11-16H2,1-2H3/t20-,22+/m1/s1. The third kappa shape index (κ3) is 4.55. The average molecular weight is 428 g/mol. The first-order valence-electron chi connectivity index (χ1n) is 11.5. The van der Waals surface area contributed by atoms with Gasteiger partial charge in [0.25, 0.3) is 0 Å². The number of hydrogen-bond donors (Lipinski definition) is 0. The summed E-state index contributed by atoms with van der Waals surface area (Å²) in [4.78, 5) is 44.4. The number of nitrogens with zero attached hydrogens (tertiary/aromatic N) is 3. The van der Waals surface area contributed by atoms with Gasteiger partial charge in [0, 0.05) is 45.1 Å². The van der Waals surface area contributed by atoms with Gasteiger partial charge in [0.2, 0.25) is 17.7 Å². The predicted molar refractivity (Wildman–Crippen MR) is 116 cm³/mol. The zero-order chi connectivity index (χ0) is 22.0. The second kappa shape index (κ2) is 9.28. The Labute approximate surface area is 184 Å². The quantitative estimate of drug-likeness (QED) is 0.670. The summed E-state index contributed by atoms with van der Waals surface area (Å²) in [7, 11) is 1.63. The van der Waals surface area contributed by atoms with E-state index in [1.165, 1.54) is 0 Å². The van der Waals surface area contributed by atoms with E-state index >= 15 is 0 Å². The van der Waals surface area contributed by atoms with Crippen molar-refractivity contribution in [2.24, 2.45) is 11.8 Å². The fourth-order valence-corrected chi connectivity index (χ4v) is 4.79. The predicted octanol–water partition coefficient (Wildman–Crippen LogP) is 2.47. The molecule has 7 heteroatoms. The summed E-state index contributed by atoms with van der Waals surface area (Å²) in [5.74, 6) is 0.907. The van der Waals surface area contributed by atoms with Crippen molar-refractivity contribution in [3.8, 4) is 5.75 Å². The van der Waals surface area contributed by atoms with Crippen LogP contribution >= 0.6 is 0 Å². The van der Waals surface area contributed by atoms with E-state index < -0.39 is 0 Å². The van der Waals surface area contributed by atoms with Crippen molar-refractivity contribution in [2.75, 3.05) is 39.8 Å². The Balaban J connectivity index is 1.49. The lowest BCUT2D eigenvalue weighted by Gasteiger charge is -2.37. The van der Waals surface area contributed by atoms with Crippen molar-refractivity contribution in [2.45, 2.75) is 45.1 Å². The Morgan fingerprint density at radius 3 is 2.16 bits per heavy atom. The molecule has 3 amide bonds. The average Bonchev–Trinajstić information content (AvgIpc) is 3.60. The summed E-state index contributed by atoms with van der Waals surface area (Å²) < 4.78 is 5.28. The molecule has 168 valence electrons. The van der Waals surface area contributed by atoms with Crippen molar-refractivity contribution in [1.29, 1.82) is 0 Å². The van der Waals surface area contributed by atoms with Crippen LogP contribution in [0.1, 0.15) is 50.6 Å². The largest absolute Gasteiger partial charge is 0.497 e. The van der Waals surface area contributed by atoms with E-state index in [2.05, 4.69) is 6.92 Å². The third-order valence-electron chi connectivity index (χ3n) is 6.79. The number of likely N-dealkylation sites (tertiary alicyclic amines) is 1. The zero-order valence-electron chi connectivity index (χ0n) is 18.6. The van der Waals surface area contributed by atoms with Gasteiger partial charge in [0.15, 0.2) is 0 Å². The Morgan fingerprint density at radius 1 is 1.00 bits per heavy atom. The molecule has 1 saturated carbocycles. The first-order valence-corrected chi connectivity index (χ1v) is 11.5. The molecule has 3 aliphatic rings. The Morgan fingerprint density at radius 2 is 1.61 bits per heavy atom. The maximum Gasteiger partial charge on any atom is 0.228 e. The lowest BCUT2D eigenvalue weighted by Crippen LogP contribution is -2.52. The molecule has 2 saturated heterocycles. The van der Waals surface area contributed by atoms with Crippen LogP contribution < -0.4 is 4.74 Å². The maximum atomic E-state index is 13.5. The van der Waals surface area contributed by atoms with E-state index in [-0.39, 0.29) is 42.0 Å². The number of unbranched alkanes of at least 4 members (excludes halogenated alkanes) is 1. The lowest BCUT2D eigenvalue weighted by atomic mass is 9.91. The molecule has 0 unspecified atom stereocenters. The molecule has 0 aromatic heterocycles. The fraction of sp³-hybridized carbons (Fsp3) is 0.625. The molecule has 0 N–H and O–H groups in total. The van der Waals surface area contributed by atoms with Gasteiger partial charge in [-0.3, -0.25) is 14.4 Å². The Bertz CT molecular complexity index is 813. The fourth-order valence-electron chi connectivity index (χ4n) is 4.79. The molecule has 0 bridgehead atoms. The summed E-state index contributed by atoms with van der Waals surface area (Å²) in [5.41, 5.74) is 0.976. The van der Waals surface area contributed by atoms with Crippen LogP contribution in [0.2, 0.25) is 0 Å². The molecule has 0 radical (unpaired) electrons. The molecular weight excluding hydrogens is 394 g/mol. The first-order chi connectivity index (χ1) is 15.0. The van der Waals surface area contributed by atoms with Gasteiger partial charge in [0.05, 0.1) is 19.1 Å². The van der Waals surface area contributed by atoms with Crippen molar-refractivity contribution < 1.29 is 19.1 Å². The topological polar surface area (TPSA) is 70.2 Å². The van der Waals surface area contributed by atoms with Crippen LogP contribution in [0.25, 0.3) is 0 Å². The van der Waals surface area contributed by atoms with Gasteiger partial charge in [-0.05, 0) is 37.0 Å². The molecule has 1 aromatic carbocycles. The molecule has 1 aromatic rings. The minimum Gasteiger partial charge on any atom is -0.497 e. The zero-order valence-corrected chi connectivity index (χ0v) is 18.6. The van der Waals surface area contributed by atoms with Crippen molar-refractivity contribution >= 4 is 17.7 Å². The Kier molecular flexibility index (Phi) is 6.49. The van der Waals surface area contributed by atoms with E-state index in [0.29, 0.717) is 32.7 Å². The number of rotatable bonds is 7. The molecular formula is C24H33N3O4. The van der Waals surface area contributed by atoms with Crippen LogP contribution in [-0.2, 0) is 14.4 Å². The molecule has 0 spiro atoms. The molecule has 2 aliphatic heterocycles. The van der Waals surface area contributed by atoms with Crippen molar-refractivity contribution in [3.63, 3.8) is 0 Å². The lowest BCUT2D eigenvalue weighted by molar-refractivity contribution is -0.143. The minimum atomic E-state index is -0.386. The highest BCUT2D eigenvalue weighted by Gasteiger charge is 2.46. The summed E-state index contributed by atoms with van der Waals surface area (Å²) >= 11 is 0. The van der Waals surface area contributed by atoms with Gasteiger partial charge in [0.1, 0.15) is 5.75 Å². The second-order valence-corrected chi connectivity index (χ2v) is 8.89. The van der Waals surface area contributed by atoms with Crippen LogP contribution in [0.5, 0.6) is 5.75 Å². The van der Waals surface area contributed by atoms with Gasteiger partial charge in [-0.25, -0.2) is 0 Å². The molecule has 3 fully saturated rings. The number of hydrogen-bond acceptors (Lipinski definition) is 4. The smallest absolute Gasteiger partial charge is 0.228 e. The van der Waals surface area contributed by atoms with Gasteiger partial charge in [-0.15, -0.1) is 0 Å². The minimum absolute atomic E-state index is 0.0340. The van der Waals surface area contributed by atoms with Gasteiger partial charge < -0.3 is 19.4 Å². The van der Waals surface area contributed by atoms with E-state index in [1.807, 2.05) is 39.0 Å². The van der Waals surface area contributed by atoms with Crippen LogP contribution in [0, 0.1) is 11.8 Å². The first kappa shape index (κ1) is 21.7. The highest BCUT2D eigenvalue weighted by Crippen LogP contribution is 2.40. The van der Waals surface area contributed by atoms with Crippen molar-refractivity contribution in [1.82, 2.24) is 14.7 Å². The summed E-state index contributed by atoms with van der Waals surface area (Å²) in [6.45, 7) is 5.05. The number of piperazine rings is 1. The normalized spacial score (nSPS) is 23.9. The second-order valence-electron chi connectivity index (χ2n) is 8.89. The van der Waals surface area contributed by atoms with Gasteiger partial charge in [-0.1, -0.05) is 25.5 Å². The van der Waals surface area contributed by atoms with Crippen LogP contribution in [0.15, 0.2) is 24.3 Å². The van der Waals surface area contributed by atoms with Crippen molar-refractivity contribution in [3.05, 3.63) is 29.8 Å².